The molecule has 3 nitrogen and oxygen atoms in total. The average Bonchev–Trinajstić information content (AvgIpc) is 2.04. The number of carbonyl (C=O) groups is 1. The number of halogens is 1. The zero-order valence-electron chi connectivity index (χ0n) is 7.72. The van der Waals surface area contributed by atoms with Crippen LogP contribution in [-0.2, 0) is 0 Å². The molecule has 1 rings (SSSR count). The van der Waals surface area contributed by atoms with Gasteiger partial charge in [0.15, 0.2) is 5.78 Å². The van der Waals surface area contributed by atoms with Gasteiger partial charge in [-0.1, -0.05) is 11.6 Å². The molecule has 0 aliphatic rings. The maximum absolute atomic E-state index is 11.1. The van der Waals surface area contributed by atoms with Crippen LogP contribution in [0, 0.1) is 6.92 Å². The molecule has 0 aliphatic carbocycles. The number of nitrogens with zero attached hydrogens (tertiary/aromatic N) is 1. The highest BCUT2D eigenvalue weighted by Gasteiger charge is 2.13. The fourth-order valence-electron chi connectivity index (χ4n) is 1.17. The van der Waals surface area contributed by atoms with Gasteiger partial charge in [0.25, 0.3) is 0 Å². The maximum atomic E-state index is 11.1. The van der Waals surface area contributed by atoms with E-state index in [-0.39, 0.29) is 5.78 Å². The maximum Gasteiger partial charge on any atom is 0.178 e. The molecule has 0 amide bonds. The third kappa shape index (κ3) is 1.80. The van der Waals surface area contributed by atoms with Crippen molar-refractivity contribution in [3.05, 3.63) is 22.5 Å². The Bertz CT molecular complexity index is 350. The largest absolute Gasteiger partial charge is 0.495 e. The van der Waals surface area contributed by atoms with E-state index >= 15 is 0 Å². The number of Topliss-reactive ketones (excluding diaryl/α,β-unsaturated/α-hetero) is 1. The third-order valence-electron chi connectivity index (χ3n) is 1.76. The van der Waals surface area contributed by atoms with Gasteiger partial charge in [-0.2, -0.15) is 0 Å². The number of aromatic nitrogens is 1. The Morgan fingerprint density at radius 3 is 2.69 bits per heavy atom. The first-order valence-electron chi connectivity index (χ1n) is 3.78. The third-order valence-corrected chi connectivity index (χ3v) is 2.03. The molecule has 0 fully saturated rings. The molecule has 0 spiro atoms. The summed E-state index contributed by atoms with van der Waals surface area (Å²) < 4.78 is 5.04. The molecule has 1 heterocycles. The highest BCUT2D eigenvalue weighted by molar-refractivity contribution is 6.32. The van der Waals surface area contributed by atoms with Crippen LogP contribution in [0.3, 0.4) is 0 Å². The monoisotopic (exact) mass is 199 g/mol. The first-order valence-corrected chi connectivity index (χ1v) is 4.15. The number of ether oxygens (including phenoxy) is 1. The fourth-order valence-corrected chi connectivity index (χ4v) is 1.44. The Labute approximate surface area is 81.7 Å². The van der Waals surface area contributed by atoms with Crippen molar-refractivity contribution < 1.29 is 9.53 Å². The number of methoxy groups -OCH3 is 1. The SMILES string of the molecule is COc1c(Cl)cnc(C(C)=O)c1C. The van der Waals surface area contributed by atoms with Crippen molar-refractivity contribution >= 4 is 17.4 Å². The lowest BCUT2D eigenvalue weighted by Gasteiger charge is -2.08. The van der Waals surface area contributed by atoms with Gasteiger partial charge in [0.1, 0.15) is 16.5 Å². The van der Waals surface area contributed by atoms with Crippen LogP contribution in [0.4, 0.5) is 0 Å². The Morgan fingerprint density at radius 2 is 2.23 bits per heavy atom. The second-order valence-electron chi connectivity index (χ2n) is 2.67. The van der Waals surface area contributed by atoms with Gasteiger partial charge in [-0.15, -0.1) is 0 Å². The number of hydrogen-bond donors (Lipinski definition) is 0. The Balaban J connectivity index is 3.35. The summed E-state index contributed by atoms with van der Waals surface area (Å²) >= 11 is 5.81. The highest BCUT2D eigenvalue weighted by Crippen LogP contribution is 2.28. The summed E-state index contributed by atoms with van der Waals surface area (Å²) in [7, 11) is 1.51. The van der Waals surface area contributed by atoms with Crippen molar-refractivity contribution in [3.63, 3.8) is 0 Å². The number of pyridine rings is 1. The van der Waals surface area contributed by atoms with Crippen LogP contribution in [0.2, 0.25) is 5.02 Å². The van der Waals surface area contributed by atoms with E-state index < -0.39 is 0 Å². The number of rotatable bonds is 2. The molecule has 0 saturated carbocycles. The van der Waals surface area contributed by atoms with Crippen LogP contribution in [0.5, 0.6) is 5.75 Å². The molecule has 0 saturated heterocycles. The zero-order valence-corrected chi connectivity index (χ0v) is 8.47. The minimum Gasteiger partial charge on any atom is -0.495 e. The molecule has 13 heavy (non-hydrogen) atoms. The summed E-state index contributed by atoms with van der Waals surface area (Å²) in [5.74, 6) is 0.425. The first kappa shape index (κ1) is 9.99. The summed E-state index contributed by atoms with van der Waals surface area (Å²) in [6.45, 7) is 3.22. The van der Waals surface area contributed by atoms with E-state index in [1.807, 2.05) is 0 Å². The zero-order chi connectivity index (χ0) is 10.0. The number of hydrogen-bond acceptors (Lipinski definition) is 3. The lowest BCUT2D eigenvalue weighted by Crippen LogP contribution is -2.02. The summed E-state index contributed by atoms with van der Waals surface area (Å²) in [6.07, 6.45) is 1.42. The minimum absolute atomic E-state index is 0.0903. The molecule has 1 aromatic rings. The molecule has 0 N–H and O–H groups in total. The summed E-state index contributed by atoms with van der Waals surface area (Å²) in [4.78, 5) is 15.0. The first-order chi connectivity index (χ1) is 6.07. The van der Waals surface area contributed by atoms with E-state index in [4.69, 9.17) is 16.3 Å². The standard InChI is InChI=1S/C9H10ClNO2/c1-5-8(6(2)12)11-4-7(10)9(5)13-3/h4H,1-3H3. The van der Waals surface area contributed by atoms with Gasteiger partial charge in [-0.25, -0.2) is 0 Å². The molecular formula is C9H10ClNO2. The second kappa shape index (κ2) is 3.75. The quantitative estimate of drug-likeness (QED) is 0.686. The topological polar surface area (TPSA) is 39.2 Å². The van der Waals surface area contributed by atoms with Crippen molar-refractivity contribution in [1.82, 2.24) is 4.98 Å². The molecule has 0 aromatic carbocycles. The van der Waals surface area contributed by atoms with E-state index in [9.17, 15) is 4.79 Å². The molecule has 0 radical (unpaired) electrons. The smallest absolute Gasteiger partial charge is 0.178 e. The van der Waals surface area contributed by atoms with E-state index in [0.717, 1.165) is 0 Å². The molecule has 0 unspecified atom stereocenters. The second-order valence-corrected chi connectivity index (χ2v) is 3.08. The van der Waals surface area contributed by atoms with E-state index in [1.165, 1.54) is 20.2 Å². The fraction of sp³-hybridized carbons (Fsp3) is 0.333. The normalized spacial score (nSPS) is 9.85. The van der Waals surface area contributed by atoms with Crippen molar-refractivity contribution in [1.29, 1.82) is 0 Å². The molecule has 4 heteroatoms. The Hall–Kier alpha value is -1.09. The van der Waals surface area contributed by atoms with Gasteiger partial charge in [0.2, 0.25) is 0 Å². The molecule has 0 atom stereocenters. The number of carbonyl (C=O) groups excluding carboxylic acids is 1. The van der Waals surface area contributed by atoms with Crippen LogP contribution in [0.25, 0.3) is 0 Å². The Morgan fingerprint density at radius 1 is 1.62 bits per heavy atom. The molecular weight excluding hydrogens is 190 g/mol. The van der Waals surface area contributed by atoms with E-state index in [1.54, 1.807) is 6.92 Å². The van der Waals surface area contributed by atoms with Gasteiger partial charge in [-0.05, 0) is 6.92 Å². The van der Waals surface area contributed by atoms with E-state index in [0.29, 0.717) is 22.0 Å². The lowest BCUT2D eigenvalue weighted by atomic mass is 10.1. The molecule has 0 aliphatic heterocycles. The number of ketones is 1. The van der Waals surface area contributed by atoms with Crippen molar-refractivity contribution in [3.8, 4) is 5.75 Å². The van der Waals surface area contributed by atoms with E-state index in [2.05, 4.69) is 4.98 Å². The highest BCUT2D eigenvalue weighted by atomic mass is 35.5. The molecule has 1 aromatic heterocycles. The lowest BCUT2D eigenvalue weighted by molar-refractivity contribution is 0.101. The predicted molar refractivity (Wildman–Crippen MR) is 50.5 cm³/mol. The van der Waals surface area contributed by atoms with Gasteiger partial charge in [-0.3, -0.25) is 9.78 Å². The van der Waals surface area contributed by atoms with Crippen LogP contribution in [-0.4, -0.2) is 17.9 Å². The van der Waals surface area contributed by atoms with Crippen LogP contribution >= 0.6 is 11.6 Å². The van der Waals surface area contributed by atoms with Gasteiger partial charge in [0, 0.05) is 12.5 Å². The minimum atomic E-state index is -0.0903. The summed E-state index contributed by atoms with van der Waals surface area (Å²) in [5.41, 5.74) is 1.09. The van der Waals surface area contributed by atoms with Gasteiger partial charge in [0.05, 0.1) is 13.3 Å². The molecule has 70 valence electrons. The van der Waals surface area contributed by atoms with Crippen LogP contribution < -0.4 is 4.74 Å². The van der Waals surface area contributed by atoms with Crippen LogP contribution in [0.1, 0.15) is 23.0 Å². The predicted octanol–water partition coefficient (Wildman–Crippen LogP) is 2.25. The molecule has 0 bridgehead atoms. The van der Waals surface area contributed by atoms with Gasteiger partial charge < -0.3 is 4.74 Å². The Kier molecular flexibility index (Phi) is 2.88. The van der Waals surface area contributed by atoms with Crippen molar-refractivity contribution in [2.75, 3.05) is 7.11 Å². The van der Waals surface area contributed by atoms with Crippen molar-refractivity contribution in [2.24, 2.45) is 0 Å². The average molecular weight is 200 g/mol. The summed E-state index contributed by atoms with van der Waals surface area (Å²) in [5, 5.41) is 0.421. The van der Waals surface area contributed by atoms with Crippen LogP contribution in [0.15, 0.2) is 6.20 Å². The summed E-state index contributed by atoms with van der Waals surface area (Å²) in [6, 6.07) is 0. The van der Waals surface area contributed by atoms with Gasteiger partial charge >= 0.3 is 0 Å². The van der Waals surface area contributed by atoms with Crippen molar-refractivity contribution in [2.45, 2.75) is 13.8 Å².